The number of anilines is 1. The molecular formula is C15H10ClFN2O3. The number of nitrogens with zero attached hydrogens (tertiary/aromatic N) is 1. The van der Waals surface area contributed by atoms with Crippen LogP contribution in [0.5, 0.6) is 0 Å². The van der Waals surface area contributed by atoms with E-state index in [4.69, 9.17) is 16.0 Å². The van der Waals surface area contributed by atoms with Crippen molar-refractivity contribution in [3.05, 3.63) is 63.9 Å². The van der Waals surface area contributed by atoms with Crippen LogP contribution in [0.2, 0.25) is 5.02 Å². The maximum Gasteiger partial charge on any atom is 0.420 e. The predicted octanol–water partition coefficient (Wildman–Crippen LogP) is 3.03. The number of aromatic nitrogens is 1. The van der Waals surface area contributed by atoms with Crippen LogP contribution in [0.15, 0.2) is 51.7 Å². The van der Waals surface area contributed by atoms with Gasteiger partial charge in [-0.1, -0.05) is 11.6 Å². The summed E-state index contributed by atoms with van der Waals surface area (Å²) in [6, 6.07) is 10.0. The molecule has 0 atom stereocenters. The summed E-state index contributed by atoms with van der Waals surface area (Å²) in [5.41, 5.74) is 1.23. The second-order valence-electron chi connectivity index (χ2n) is 4.62. The minimum absolute atomic E-state index is 0.217. The van der Waals surface area contributed by atoms with Gasteiger partial charge in [0.1, 0.15) is 12.4 Å². The number of hydrogen-bond acceptors (Lipinski definition) is 3. The van der Waals surface area contributed by atoms with Crippen LogP contribution in [0.4, 0.5) is 10.1 Å². The van der Waals surface area contributed by atoms with Crippen molar-refractivity contribution in [1.29, 1.82) is 0 Å². The summed E-state index contributed by atoms with van der Waals surface area (Å²) in [5, 5.41) is 3.01. The number of nitrogens with one attached hydrogen (secondary N) is 1. The van der Waals surface area contributed by atoms with Gasteiger partial charge in [0.05, 0.1) is 5.52 Å². The molecule has 3 rings (SSSR count). The Balaban J connectivity index is 1.83. The molecule has 5 nitrogen and oxygen atoms in total. The van der Waals surface area contributed by atoms with Crippen molar-refractivity contribution >= 4 is 34.3 Å². The van der Waals surface area contributed by atoms with Crippen molar-refractivity contribution in [2.75, 3.05) is 5.32 Å². The first-order valence-electron chi connectivity index (χ1n) is 6.37. The Morgan fingerprint density at radius 1 is 1.23 bits per heavy atom. The van der Waals surface area contributed by atoms with Gasteiger partial charge in [0.25, 0.3) is 0 Å². The van der Waals surface area contributed by atoms with Crippen molar-refractivity contribution < 1.29 is 13.6 Å². The van der Waals surface area contributed by atoms with Crippen molar-refractivity contribution in [3.63, 3.8) is 0 Å². The van der Waals surface area contributed by atoms with Crippen molar-refractivity contribution in [2.24, 2.45) is 0 Å². The molecule has 3 aromatic rings. The molecule has 0 saturated heterocycles. The number of amides is 1. The van der Waals surface area contributed by atoms with E-state index < -0.39 is 17.5 Å². The molecule has 0 radical (unpaired) electrons. The summed E-state index contributed by atoms with van der Waals surface area (Å²) in [5.74, 6) is -1.47. The van der Waals surface area contributed by atoms with E-state index in [2.05, 4.69) is 5.32 Å². The van der Waals surface area contributed by atoms with Crippen LogP contribution in [-0.2, 0) is 11.3 Å². The normalized spacial score (nSPS) is 10.8. The zero-order chi connectivity index (χ0) is 15.7. The molecule has 7 heteroatoms. The number of halogens is 2. The van der Waals surface area contributed by atoms with Crippen LogP contribution < -0.4 is 11.1 Å². The van der Waals surface area contributed by atoms with Gasteiger partial charge in [-0.25, -0.2) is 9.18 Å². The fraction of sp³-hybridized carbons (Fsp3) is 0.0667. The van der Waals surface area contributed by atoms with E-state index in [0.717, 1.165) is 0 Å². The molecule has 1 amide bonds. The van der Waals surface area contributed by atoms with Crippen LogP contribution in [0.1, 0.15) is 0 Å². The minimum Gasteiger partial charge on any atom is -0.408 e. The summed E-state index contributed by atoms with van der Waals surface area (Å²) in [6.45, 7) is -0.217. The molecule has 0 spiro atoms. The van der Waals surface area contributed by atoms with Gasteiger partial charge in [-0.15, -0.1) is 0 Å². The van der Waals surface area contributed by atoms with Crippen LogP contribution >= 0.6 is 11.6 Å². The first-order valence-corrected chi connectivity index (χ1v) is 6.75. The Morgan fingerprint density at radius 2 is 1.95 bits per heavy atom. The predicted molar refractivity (Wildman–Crippen MR) is 80.5 cm³/mol. The largest absolute Gasteiger partial charge is 0.420 e. The number of rotatable bonds is 3. The van der Waals surface area contributed by atoms with Crippen molar-refractivity contribution in [3.8, 4) is 0 Å². The highest BCUT2D eigenvalue weighted by molar-refractivity contribution is 6.31. The summed E-state index contributed by atoms with van der Waals surface area (Å²) in [6.07, 6.45) is 0. The van der Waals surface area contributed by atoms with Gasteiger partial charge in [-0.2, -0.15) is 0 Å². The van der Waals surface area contributed by atoms with E-state index in [1.165, 1.54) is 34.9 Å². The molecule has 0 saturated carbocycles. The minimum atomic E-state index is -0.647. The topological polar surface area (TPSA) is 64.2 Å². The number of carbonyl (C=O) groups excluding carboxylic acids is 1. The third-order valence-corrected chi connectivity index (χ3v) is 3.30. The Morgan fingerprint density at radius 3 is 2.68 bits per heavy atom. The average molecular weight is 321 g/mol. The molecule has 1 heterocycles. The number of benzene rings is 2. The molecule has 0 aliphatic rings. The number of oxazole rings is 1. The van der Waals surface area contributed by atoms with Gasteiger partial charge in [-0.05, 0) is 36.4 Å². The SMILES string of the molecule is O=C(Cn1c(=O)oc2cc(Cl)ccc21)Nc1ccc(F)cc1. The Hall–Kier alpha value is -2.60. The Kier molecular flexibility index (Phi) is 3.68. The zero-order valence-electron chi connectivity index (χ0n) is 11.2. The van der Waals surface area contributed by atoms with Gasteiger partial charge in [0, 0.05) is 16.8 Å². The van der Waals surface area contributed by atoms with E-state index >= 15 is 0 Å². The monoisotopic (exact) mass is 320 g/mol. The maximum absolute atomic E-state index is 12.8. The molecule has 0 aliphatic carbocycles. The maximum atomic E-state index is 12.8. The van der Waals surface area contributed by atoms with E-state index in [1.54, 1.807) is 12.1 Å². The summed E-state index contributed by atoms with van der Waals surface area (Å²) < 4.78 is 19.0. The Bertz CT molecular complexity index is 899. The molecule has 112 valence electrons. The van der Waals surface area contributed by atoms with E-state index in [9.17, 15) is 14.0 Å². The molecule has 0 aliphatic heterocycles. The standard InChI is InChI=1S/C15H10ClFN2O3/c16-9-1-6-12-13(7-9)22-15(21)19(12)8-14(20)18-11-4-2-10(17)3-5-11/h1-7H,8H2,(H,18,20). The van der Waals surface area contributed by atoms with Crippen LogP contribution in [0.25, 0.3) is 11.1 Å². The summed E-state index contributed by atoms with van der Waals surface area (Å²) >= 11 is 5.82. The van der Waals surface area contributed by atoms with Crippen LogP contribution in [0.3, 0.4) is 0 Å². The molecule has 0 bridgehead atoms. The lowest BCUT2D eigenvalue weighted by Gasteiger charge is -2.05. The van der Waals surface area contributed by atoms with Gasteiger partial charge in [-0.3, -0.25) is 9.36 Å². The van der Waals surface area contributed by atoms with Crippen molar-refractivity contribution in [1.82, 2.24) is 4.57 Å². The molecule has 1 aromatic heterocycles. The van der Waals surface area contributed by atoms with Crippen molar-refractivity contribution in [2.45, 2.75) is 6.54 Å². The Labute approximate surface area is 128 Å². The fourth-order valence-corrected chi connectivity index (χ4v) is 2.23. The molecule has 0 fully saturated rings. The second-order valence-corrected chi connectivity index (χ2v) is 5.06. The lowest BCUT2D eigenvalue weighted by atomic mass is 10.3. The lowest BCUT2D eigenvalue weighted by Crippen LogP contribution is -2.24. The van der Waals surface area contributed by atoms with Crippen LogP contribution in [-0.4, -0.2) is 10.5 Å². The quantitative estimate of drug-likeness (QED) is 0.806. The third kappa shape index (κ3) is 2.87. The highest BCUT2D eigenvalue weighted by atomic mass is 35.5. The first-order chi connectivity index (χ1) is 10.5. The van der Waals surface area contributed by atoms with E-state index in [-0.39, 0.29) is 6.54 Å². The number of carbonyl (C=O) groups is 1. The molecular weight excluding hydrogens is 311 g/mol. The zero-order valence-corrected chi connectivity index (χ0v) is 11.9. The van der Waals surface area contributed by atoms with Gasteiger partial charge < -0.3 is 9.73 Å². The van der Waals surface area contributed by atoms with E-state index in [1.807, 2.05) is 0 Å². The smallest absolute Gasteiger partial charge is 0.408 e. The fourth-order valence-electron chi connectivity index (χ4n) is 2.07. The van der Waals surface area contributed by atoms with Gasteiger partial charge >= 0.3 is 5.76 Å². The summed E-state index contributed by atoms with van der Waals surface area (Å²) in [4.78, 5) is 23.8. The first kappa shape index (κ1) is 14.3. The van der Waals surface area contributed by atoms with E-state index in [0.29, 0.717) is 21.8 Å². The highest BCUT2D eigenvalue weighted by Gasteiger charge is 2.13. The molecule has 1 N–H and O–H groups in total. The number of hydrogen-bond donors (Lipinski definition) is 1. The number of fused-ring (bicyclic) bond motifs is 1. The van der Waals surface area contributed by atoms with Gasteiger partial charge in [0.2, 0.25) is 5.91 Å². The summed E-state index contributed by atoms with van der Waals surface area (Å²) in [7, 11) is 0. The molecule has 22 heavy (non-hydrogen) atoms. The second kappa shape index (κ2) is 5.65. The highest BCUT2D eigenvalue weighted by Crippen LogP contribution is 2.18. The molecule has 0 unspecified atom stereocenters. The third-order valence-electron chi connectivity index (χ3n) is 3.06. The average Bonchev–Trinajstić information content (AvgIpc) is 2.77. The lowest BCUT2D eigenvalue weighted by molar-refractivity contribution is -0.116. The van der Waals surface area contributed by atoms with Crippen LogP contribution in [0, 0.1) is 5.82 Å². The molecule has 2 aromatic carbocycles. The van der Waals surface area contributed by atoms with Gasteiger partial charge in [0.15, 0.2) is 5.58 Å².